The number of H-pyrrole nitrogens is 1. The number of aliphatic imine (C=N–C) groups is 1. The number of nitrogens with one attached hydrogen (secondary N) is 3. The van der Waals surface area contributed by atoms with Gasteiger partial charge in [-0.2, -0.15) is 5.10 Å². The lowest BCUT2D eigenvalue weighted by molar-refractivity contribution is 0.624. The highest BCUT2D eigenvalue weighted by atomic mass is 127. The fraction of sp³-hybridized carbons (Fsp3) is 0.636. The first-order chi connectivity index (χ1) is 7.76. The van der Waals surface area contributed by atoms with Crippen molar-refractivity contribution in [2.75, 3.05) is 6.54 Å². The zero-order valence-corrected chi connectivity index (χ0v) is 13.0. The van der Waals surface area contributed by atoms with Crippen LogP contribution in [-0.4, -0.2) is 28.7 Å². The van der Waals surface area contributed by atoms with E-state index < -0.39 is 0 Å². The molecular weight excluding hydrogens is 329 g/mol. The van der Waals surface area contributed by atoms with Crippen molar-refractivity contribution in [3.8, 4) is 0 Å². The molecule has 1 aromatic heterocycles. The van der Waals surface area contributed by atoms with E-state index in [1.54, 1.807) is 6.20 Å². The Morgan fingerprint density at radius 2 is 2.29 bits per heavy atom. The zero-order valence-electron chi connectivity index (χ0n) is 10.7. The molecule has 0 bridgehead atoms. The molecule has 0 aliphatic carbocycles. The van der Waals surface area contributed by atoms with Gasteiger partial charge in [-0.05, 0) is 26.3 Å². The number of hydrogen-bond donors (Lipinski definition) is 3. The molecule has 3 N–H and O–H groups in total. The highest BCUT2D eigenvalue weighted by molar-refractivity contribution is 14.0. The second-order valence-corrected chi connectivity index (χ2v) is 3.73. The molecule has 0 aromatic carbocycles. The van der Waals surface area contributed by atoms with E-state index in [0.29, 0.717) is 12.6 Å². The van der Waals surface area contributed by atoms with E-state index >= 15 is 0 Å². The number of aromatic nitrogens is 2. The van der Waals surface area contributed by atoms with Crippen molar-refractivity contribution in [1.82, 2.24) is 20.8 Å². The third-order valence-electron chi connectivity index (χ3n) is 2.31. The summed E-state index contributed by atoms with van der Waals surface area (Å²) < 4.78 is 0. The molecule has 0 saturated heterocycles. The quantitative estimate of drug-likeness (QED) is 0.431. The molecule has 1 rings (SSSR count). The largest absolute Gasteiger partial charge is 0.357 e. The maximum absolute atomic E-state index is 4.47. The Kier molecular flexibility index (Phi) is 8.83. The molecule has 1 aromatic rings. The number of nitrogens with zero attached hydrogens (tertiary/aromatic N) is 2. The van der Waals surface area contributed by atoms with Crippen molar-refractivity contribution >= 4 is 29.9 Å². The molecule has 0 aliphatic rings. The van der Waals surface area contributed by atoms with Gasteiger partial charge in [-0.3, -0.25) is 5.10 Å². The Bertz CT molecular complexity index is 310. The summed E-state index contributed by atoms with van der Waals surface area (Å²) in [7, 11) is 0. The molecule has 1 heterocycles. The van der Waals surface area contributed by atoms with E-state index in [1.165, 1.54) is 0 Å². The Hall–Kier alpha value is -0.790. The van der Waals surface area contributed by atoms with Crippen LogP contribution in [0.15, 0.2) is 17.3 Å². The number of hydrogen-bond acceptors (Lipinski definition) is 2. The average molecular weight is 351 g/mol. The predicted octanol–water partition coefficient (Wildman–Crippen LogP) is 1.88. The van der Waals surface area contributed by atoms with Crippen LogP contribution in [0, 0.1) is 0 Å². The van der Waals surface area contributed by atoms with Gasteiger partial charge in [0.05, 0.1) is 12.2 Å². The van der Waals surface area contributed by atoms with E-state index in [4.69, 9.17) is 0 Å². The number of aromatic amines is 1. The Morgan fingerprint density at radius 3 is 2.82 bits per heavy atom. The van der Waals surface area contributed by atoms with E-state index in [9.17, 15) is 0 Å². The fourth-order valence-electron chi connectivity index (χ4n) is 1.19. The van der Waals surface area contributed by atoms with Gasteiger partial charge in [0.15, 0.2) is 5.96 Å². The van der Waals surface area contributed by atoms with Crippen LogP contribution in [0.25, 0.3) is 0 Å². The van der Waals surface area contributed by atoms with Crippen molar-refractivity contribution in [3.63, 3.8) is 0 Å². The molecule has 0 radical (unpaired) electrons. The molecule has 98 valence electrons. The number of halogens is 1. The first-order valence-electron chi connectivity index (χ1n) is 5.79. The summed E-state index contributed by atoms with van der Waals surface area (Å²) >= 11 is 0. The average Bonchev–Trinajstić information content (AvgIpc) is 2.79. The Balaban J connectivity index is 0.00000256. The molecular formula is C11H22IN5. The normalized spacial score (nSPS) is 12.8. The van der Waals surface area contributed by atoms with Crippen LogP contribution in [0.1, 0.15) is 32.9 Å². The van der Waals surface area contributed by atoms with Crippen molar-refractivity contribution < 1.29 is 0 Å². The Morgan fingerprint density at radius 1 is 1.53 bits per heavy atom. The molecule has 0 saturated carbocycles. The molecule has 0 aliphatic heterocycles. The van der Waals surface area contributed by atoms with Crippen LogP contribution in [-0.2, 0) is 6.54 Å². The molecule has 17 heavy (non-hydrogen) atoms. The minimum Gasteiger partial charge on any atom is -0.357 e. The summed E-state index contributed by atoms with van der Waals surface area (Å²) in [6, 6.07) is 2.36. The highest BCUT2D eigenvalue weighted by Crippen LogP contribution is 1.94. The molecule has 0 amide bonds. The van der Waals surface area contributed by atoms with E-state index in [1.807, 2.05) is 6.07 Å². The van der Waals surface area contributed by atoms with Gasteiger partial charge in [0.25, 0.3) is 0 Å². The summed E-state index contributed by atoms with van der Waals surface area (Å²) in [6.45, 7) is 7.83. The van der Waals surface area contributed by atoms with Crippen LogP contribution >= 0.6 is 24.0 Å². The molecule has 0 spiro atoms. The minimum absolute atomic E-state index is 0. The van der Waals surface area contributed by atoms with Gasteiger partial charge in [-0.25, -0.2) is 4.99 Å². The lowest BCUT2D eigenvalue weighted by Gasteiger charge is -2.15. The van der Waals surface area contributed by atoms with Crippen molar-refractivity contribution in [3.05, 3.63) is 18.0 Å². The lowest BCUT2D eigenvalue weighted by atomic mass is 10.3. The summed E-state index contributed by atoms with van der Waals surface area (Å²) in [5.74, 6) is 0.853. The van der Waals surface area contributed by atoms with Crippen molar-refractivity contribution in [1.29, 1.82) is 0 Å². The molecule has 1 atom stereocenters. The van der Waals surface area contributed by atoms with Crippen LogP contribution in [0.5, 0.6) is 0 Å². The predicted molar refractivity (Wildman–Crippen MR) is 81.7 cm³/mol. The molecule has 5 nitrogen and oxygen atoms in total. The first-order valence-corrected chi connectivity index (χ1v) is 5.79. The van der Waals surface area contributed by atoms with Gasteiger partial charge in [0.1, 0.15) is 0 Å². The second kappa shape index (κ2) is 9.26. The van der Waals surface area contributed by atoms with E-state index in [0.717, 1.165) is 24.6 Å². The van der Waals surface area contributed by atoms with E-state index in [-0.39, 0.29) is 24.0 Å². The van der Waals surface area contributed by atoms with Crippen LogP contribution in [0.4, 0.5) is 0 Å². The third kappa shape index (κ3) is 6.50. The molecule has 0 fully saturated rings. The topological polar surface area (TPSA) is 65.1 Å². The van der Waals surface area contributed by atoms with Crippen LogP contribution in [0.2, 0.25) is 0 Å². The Labute approximate surface area is 120 Å². The summed E-state index contributed by atoms with van der Waals surface area (Å²) in [5, 5.41) is 13.3. The maximum atomic E-state index is 4.47. The summed E-state index contributed by atoms with van der Waals surface area (Å²) in [6.07, 6.45) is 2.81. The maximum Gasteiger partial charge on any atom is 0.191 e. The standard InChI is InChI=1S/C11H21N5.HI/c1-4-9(3)15-11(12-5-2)13-8-10-6-7-14-16-10;/h6-7,9H,4-5,8H2,1-3H3,(H,14,16)(H2,12,13,15);1H. The van der Waals surface area contributed by atoms with Crippen LogP contribution < -0.4 is 10.6 Å². The second-order valence-electron chi connectivity index (χ2n) is 3.73. The first kappa shape index (κ1) is 16.2. The van der Waals surface area contributed by atoms with Crippen molar-refractivity contribution in [2.24, 2.45) is 4.99 Å². The monoisotopic (exact) mass is 351 g/mol. The minimum atomic E-state index is 0. The van der Waals surface area contributed by atoms with Gasteiger partial charge < -0.3 is 10.6 Å². The molecule has 1 unspecified atom stereocenters. The third-order valence-corrected chi connectivity index (χ3v) is 2.31. The highest BCUT2D eigenvalue weighted by Gasteiger charge is 2.02. The van der Waals surface area contributed by atoms with Gasteiger partial charge in [-0.1, -0.05) is 6.92 Å². The van der Waals surface area contributed by atoms with Crippen molar-refractivity contribution in [2.45, 2.75) is 39.8 Å². The van der Waals surface area contributed by atoms with Gasteiger partial charge in [0.2, 0.25) is 0 Å². The summed E-state index contributed by atoms with van der Waals surface area (Å²) in [5.41, 5.74) is 1.02. The van der Waals surface area contributed by atoms with Crippen LogP contribution in [0.3, 0.4) is 0 Å². The number of guanidine groups is 1. The summed E-state index contributed by atoms with van der Waals surface area (Å²) in [4.78, 5) is 4.47. The molecule has 6 heteroatoms. The number of rotatable bonds is 5. The smallest absolute Gasteiger partial charge is 0.191 e. The van der Waals surface area contributed by atoms with Gasteiger partial charge >= 0.3 is 0 Å². The SMILES string of the molecule is CCNC(=NCc1ccn[nH]1)NC(C)CC.I. The lowest BCUT2D eigenvalue weighted by Crippen LogP contribution is -2.41. The van der Waals surface area contributed by atoms with E-state index in [2.05, 4.69) is 46.6 Å². The van der Waals surface area contributed by atoms with Gasteiger partial charge in [0, 0.05) is 18.8 Å². The van der Waals surface area contributed by atoms with Gasteiger partial charge in [-0.15, -0.1) is 24.0 Å². The fourth-order valence-corrected chi connectivity index (χ4v) is 1.19. The zero-order chi connectivity index (χ0) is 11.8.